The van der Waals surface area contributed by atoms with Crippen molar-refractivity contribution in [3.63, 3.8) is 0 Å². The molecule has 0 aliphatic carbocycles. The molecule has 0 spiro atoms. The third-order valence-electron chi connectivity index (χ3n) is 4.07. The molecule has 126 valence electrons. The molecule has 0 saturated heterocycles. The van der Waals surface area contributed by atoms with Crippen molar-refractivity contribution in [1.82, 2.24) is 9.97 Å². The normalized spacial score (nSPS) is 11.1. The molecule has 0 atom stereocenters. The smallest absolute Gasteiger partial charge is 0.163 e. The first-order valence-electron chi connectivity index (χ1n) is 8.45. The van der Waals surface area contributed by atoms with E-state index in [0.29, 0.717) is 0 Å². The predicted molar refractivity (Wildman–Crippen MR) is 103 cm³/mol. The maximum absolute atomic E-state index is 5.40. The molecule has 0 radical (unpaired) electrons. The monoisotopic (exact) mass is 349 g/mol. The van der Waals surface area contributed by atoms with E-state index in [1.54, 1.807) is 17.6 Å². The Morgan fingerprint density at radius 2 is 1.96 bits per heavy atom. The number of anilines is 1. The molecule has 0 fully saturated rings. The number of aromatic nitrogens is 2. The van der Waals surface area contributed by atoms with E-state index < -0.39 is 0 Å². The van der Waals surface area contributed by atoms with Gasteiger partial charge in [-0.2, -0.15) is 0 Å². The summed E-state index contributed by atoms with van der Waals surface area (Å²) in [6.07, 6.45) is 3.54. The fourth-order valence-electron chi connectivity index (χ4n) is 2.76. The van der Waals surface area contributed by atoms with Crippen LogP contribution in [0.4, 0.5) is 5.82 Å². The molecule has 0 bridgehead atoms. The Morgan fingerprint density at radius 3 is 2.72 bits per heavy atom. The van der Waals surface area contributed by atoms with Gasteiger partial charge in [0.05, 0.1) is 11.6 Å². The highest BCUT2D eigenvalue weighted by atomic mass is 32.1. The summed E-state index contributed by atoms with van der Waals surface area (Å²) in [6, 6.07) is 16.2. The van der Waals surface area contributed by atoms with E-state index in [2.05, 4.69) is 18.3 Å². The van der Waals surface area contributed by atoms with Gasteiger partial charge in [-0.05, 0) is 24.6 Å². The summed E-state index contributed by atoms with van der Waals surface area (Å²) in [6.45, 7) is 2.94. The largest absolute Gasteiger partial charge is 0.469 e. The van der Waals surface area contributed by atoms with Crippen molar-refractivity contribution >= 4 is 27.4 Å². The number of benzene rings is 1. The zero-order chi connectivity index (χ0) is 17.1. The van der Waals surface area contributed by atoms with Crippen molar-refractivity contribution in [2.75, 3.05) is 11.9 Å². The molecule has 3 heterocycles. The molecule has 1 aromatic carbocycles. The first-order chi connectivity index (χ1) is 12.3. The number of thiophene rings is 1. The van der Waals surface area contributed by atoms with E-state index in [1.165, 1.54) is 4.88 Å². The van der Waals surface area contributed by atoms with Crippen LogP contribution in [-0.4, -0.2) is 16.5 Å². The van der Waals surface area contributed by atoms with Gasteiger partial charge >= 0.3 is 0 Å². The Labute approximate surface area is 150 Å². The Morgan fingerprint density at radius 1 is 1.08 bits per heavy atom. The molecule has 4 aromatic rings. The molecule has 0 saturated carbocycles. The molecule has 0 aliphatic rings. The number of hydrogen-bond donors (Lipinski definition) is 1. The van der Waals surface area contributed by atoms with E-state index in [4.69, 9.17) is 14.4 Å². The lowest BCUT2D eigenvalue weighted by Gasteiger charge is -2.08. The summed E-state index contributed by atoms with van der Waals surface area (Å²) in [5, 5.41) is 4.57. The summed E-state index contributed by atoms with van der Waals surface area (Å²) in [7, 11) is 0. The summed E-state index contributed by atoms with van der Waals surface area (Å²) >= 11 is 1.74. The number of aryl methyl sites for hydroxylation is 1. The average molecular weight is 349 g/mol. The van der Waals surface area contributed by atoms with Crippen molar-refractivity contribution in [2.45, 2.75) is 19.8 Å². The van der Waals surface area contributed by atoms with Gasteiger partial charge in [0.15, 0.2) is 5.82 Å². The summed E-state index contributed by atoms with van der Waals surface area (Å²) in [4.78, 5) is 11.9. The second-order valence-electron chi connectivity index (χ2n) is 5.80. The highest BCUT2D eigenvalue weighted by Crippen LogP contribution is 2.31. The van der Waals surface area contributed by atoms with Gasteiger partial charge in [0.25, 0.3) is 0 Å². The Hall–Kier alpha value is -2.66. The molecular weight excluding hydrogens is 330 g/mol. The number of furan rings is 1. The number of nitrogens with zero attached hydrogens (tertiary/aromatic N) is 2. The van der Waals surface area contributed by atoms with Crippen molar-refractivity contribution < 1.29 is 4.42 Å². The summed E-state index contributed by atoms with van der Waals surface area (Å²) in [5.41, 5.74) is 1.03. The molecule has 0 unspecified atom stereocenters. The standard InChI is InChI=1S/C20H19N3OS/c1-2-16-13-17-19(21-11-10-15-9-6-12-24-15)22-18(23-20(17)25-16)14-7-4-3-5-8-14/h3-9,12-13H,2,10-11H2,1H3,(H,21,22,23). The van der Waals surface area contributed by atoms with Gasteiger partial charge in [-0.3, -0.25) is 0 Å². The molecule has 1 N–H and O–H groups in total. The zero-order valence-electron chi connectivity index (χ0n) is 14.0. The van der Waals surface area contributed by atoms with Gasteiger partial charge < -0.3 is 9.73 Å². The van der Waals surface area contributed by atoms with Gasteiger partial charge in [0, 0.05) is 23.4 Å². The zero-order valence-corrected chi connectivity index (χ0v) is 14.8. The lowest BCUT2D eigenvalue weighted by molar-refractivity contribution is 0.513. The second kappa shape index (κ2) is 7.07. The van der Waals surface area contributed by atoms with E-state index >= 15 is 0 Å². The molecule has 0 amide bonds. The highest BCUT2D eigenvalue weighted by Gasteiger charge is 2.12. The maximum Gasteiger partial charge on any atom is 0.163 e. The molecule has 4 nitrogen and oxygen atoms in total. The highest BCUT2D eigenvalue weighted by molar-refractivity contribution is 7.18. The van der Waals surface area contributed by atoms with Gasteiger partial charge in [0.1, 0.15) is 16.4 Å². The molecule has 25 heavy (non-hydrogen) atoms. The van der Waals surface area contributed by atoms with Crippen LogP contribution in [0.15, 0.2) is 59.2 Å². The number of rotatable bonds is 6. The van der Waals surface area contributed by atoms with Crippen LogP contribution in [0.5, 0.6) is 0 Å². The quantitative estimate of drug-likeness (QED) is 0.522. The third kappa shape index (κ3) is 3.42. The SMILES string of the molecule is CCc1cc2c(NCCc3ccco3)nc(-c3ccccc3)nc2s1. The van der Waals surface area contributed by atoms with Crippen molar-refractivity contribution in [3.05, 3.63) is 65.4 Å². The van der Waals surface area contributed by atoms with Crippen molar-refractivity contribution in [1.29, 1.82) is 0 Å². The van der Waals surface area contributed by atoms with Crippen LogP contribution in [0.25, 0.3) is 21.6 Å². The Kier molecular flexibility index (Phi) is 4.48. The Balaban J connectivity index is 1.68. The molecule has 5 heteroatoms. The van der Waals surface area contributed by atoms with Crippen LogP contribution in [0, 0.1) is 0 Å². The second-order valence-corrected chi connectivity index (χ2v) is 6.92. The molecule has 3 aromatic heterocycles. The lowest BCUT2D eigenvalue weighted by atomic mass is 10.2. The third-order valence-corrected chi connectivity index (χ3v) is 5.24. The number of nitrogens with one attached hydrogen (secondary N) is 1. The number of fused-ring (bicyclic) bond motifs is 1. The fraction of sp³-hybridized carbons (Fsp3) is 0.200. The van der Waals surface area contributed by atoms with Gasteiger partial charge in [-0.25, -0.2) is 9.97 Å². The van der Waals surface area contributed by atoms with Crippen LogP contribution < -0.4 is 5.32 Å². The first-order valence-corrected chi connectivity index (χ1v) is 9.27. The summed E-state index contributed by atoms with van der Waals surface area (Å²) < 4.78 is 5.40. The minimum absolute atomic E-state index is 0.762. The van der Waals surface area contributed by atoms with Crippen LogP contribution in [-0.2, 0) is 12.8 Å². The van der Waals surface area contributed by atoms with Gasteiger partial charge in [-0.15, -0.1) is 11.3 Å². The van der Waals surface area contributed by atoms with Crippen molar-refractivity contribution in [3.8, 4) is 11.4 Å². The predicted octanol–water partition coefficient (Wildman–Crippen LogP) is 5.17. The van der Waals surface area contributed by atoms with Crippen LogP contribution in [0.1, 0.15) is 17.6 Å². The minimum atomic E-state index is 0.762. The van der Waals surface area contributed by atoms with Crippen LogP contribution >= 0.6 is 11.3 Å². The van der Waals surface area contributed by atoms with E-state index in [0.717, 1.165) is 52.6 Å². The Bertz CT molecular complexity index is 961. The first kappa shape index (κ1) is 15.8. The van der Waals surface area contributed by atoms with Gasteiger partial charge in [0.2, 0.25) is 0 Å². The lowest BCUT2D eigenvalue weighted by Crippen LogP contribution is -2.07. The summed E-state index contributed by atoms with van der Waals surface area (Å²) in [5.74, 6) is 2.63. The number of hydrogen-bond acceptors (Lipinski definition) is 5. The van der Waals surface area contributed by atoms with Crippen LogP contribution in [0.3, 0.4) is 0 Å². The molecule has 4 rings (SSSR count). The fourth-order valence-corrected chi connectivity index (χ4v) is 3.72. The topological polar surface area (TPSA) is 51.0 Å². The van der Waals surface area contributed by atoms with Crippen LogP contribution in [0.2, 0.25) is 0 Å². The molecule has 0 aliphatic heterocycles. The van der Waals surface area contributed by atoms with Gasteiger partial charge in [-0.1, -0.05) is 37.3 Å². The van der Waals surface area contributed by atoms with E-state index in [1.807, 2.05) is 42.5 Å². The average Bonchev–Trinajstić information content (AvgIpc) is 3.31. The maximum atomic E-state index is 5.40. The minimum Gasteiger partial charge on any atom is -0.469 e. The molecular formula is C20H19N3OS. The van der Waals surface area contributed by atoms with Crippen molar-refractivity contribution in [2.24, 2.45) is 0 Å². The van der Waals surface area contributed by atoms with E-state index in [-0.39, 0.29) is 0 Å². The van der Waals surface area contributed by atoms with E-state index in [9.17, 15) is 0 Å².